The first kappa shape index (κ1) is 14.6. The van der Waals surface area contributed by atoms with Gasteiger partial charge in [0.05, 0.1) is 17.4 Å². The molecular weight excluding hydrogens is 287 g/mol. The molecule has 0 aliphatic carbocycles. The van der Waals surface area contributed by atoms with Gasteiger partial charge in [0.2, 0.25) is 0 Å². The minimum absolute atomic E-state index is 0.105. The van der Waals surface area contributed by atoms with E-state index >= 15 is 0 Å². The van der Waals surface area contributed by atoms with Crippen LogP contribution in [0.15, 0.2) is 23.8 Å². The fourth-order valence-corrected chi connectivity index (χ4v) is 3.58. The number of piperazine rings is 1. The van der Waals surface area contributed by atoms with Gasteiger partial charge in [-0.15, -0.1) is 11.3 Å². The summed E-state index contributed by atoms with van der Waals surface area (Å²) < 4.78 is 13.3. The van der Waals surface area contributed by atoms with Crippen LogP contribution in [0.3, 0.4) is 0 Å². The van der Waals surface area contributed by atoms with Gasteiger partial charge in [0, 0.05) is 43.3 Å². The number of pyridine rings is 1. The predicted octanol–water partition coefficient (Wildman–Crippen LogP) is 2.48. The molecule has 0 aromatic carbocycles. The van der Waals surface area contributed by atoms with E-state index in [-0.39, 0.29) is 11.4 Å². The Kier molecular flexibility index (Phi) is 4.01. The molecule has 0 radical (unpaired) electrons. The van der Waals surface area contributed by atoms with Crippen LogP contribution in [0.25, 0.3) is 11.3 Å². The lowest BCUT2D eigenvalue weighted by atomic mass is 10.0. The topological polar surface area (TPSA) is 41.1 Å². The predicted molar refractivity (Wildman–Crippen MR) is 82.8 cm³/mol. The number of hydrogen-bond acceptors (Lipinski definition) is 5. The minimum atomic E-state index is -0.330. The highest BCUT2D eigenvalue weighted by atomic mass is 32.1. The van der Waals surface area contributed by atoms with Gasteiger partial charge >= 0.3 is 0 Å². The monoisotopic (exact) mass is 306 g/mol. The molecule has 0 bridgehead atoms. The Balaban J connectivity index is 1.86. The summed E-state index contributed by atoms with van der Waals surface area (Å²) in [5.41, 5.74) is 1.42. The van der Waals surface area contributed by atoms with Crippen LogP contribution >= 0.6 is 11.3 Å². The molecule has 4 nitrogen and oxygen atoms in total. The molecule has 0 atom stereocenters. The zero-order valence-corrected chi connectivity index (χ0v) is 13.1. The first-order valence-corrected chi connectivity index (χ1v) is 7.98. The highest BCUT2D eigenvalue weighted by molar-refractivity contribution is 7.10. The maximum Gasteiger partial charge on any atom is 0.142 e. The molecule has 1 saturated heterocycles. The smallest absolute Gasteiger partial charge is 0.142 e. The normalized spacial score (nSPS) is 17.1. The number of aromatic nitrogens is 2. The maximum atomic E-state index is 13.3. The van der Waals surface area contributed by atoms with E-state index in [0.717, 1.165) is 42.4 Å². The number of thiazole rings is 1. The Morgan fingerprint density at radius 2 is 2.05 bits per heavy atom. The van der Waals surface area contributed by atoms with Crippen LogP contribution in [-0.4, -0.2) is 41.0 Å². The molecule has 2 aromatic rings. The Labute approximate surface area is 128 Å². The molecule has 21 heavy (non-hydrogen) atoms. The van der Waals surface area contributed by atoms with Gasteiger partial charge in [-0.1, -0.05) is 0 Å². The number of halogens is 1. The standard InChI is InChI=1S/C15H19FN4S/c1-15(2,20-5-3-17-4-6-20)14-19-13(10-21-14)11-7-12(16)9-18-8-11/h7-10,17H,3-6H2,1-2H3. The number of rotatable bonds is 3. The molecule has 6 heteroatoms. The fraction of sp³-hybridized carbons (Fsp3) is 0.467. The lowest BCUT2D eigenvalue weighted by Crippen LogP contribution is -2.51. The van der Waals surface area contributed by atoms with E-state index in [4.69, 9.17) is 4.98 Å². The SMILES string of the molecule is CC(C)(c1nc(-c2cncc(F)c2)cs1)N1CCNCC1. The third kappa shape index (κ3) is 2.97. The fourth-order valence-electron chi connectivity index (χ4n) is 2.60. The van der Waals surface area contributed by atoms with Gasteiger partial charge in [0.1, 0.15) is 10.8 Å². The van der Waals surface area contributed by atoms with Gasteiger partial charge in [0.15, 0.2) is 0 Å². The average molecular weight is 306 g/mol. The van der Waals surface area contributed by atoms with E-state index in [2.05, 4.69) is 29.0 Å². The molecule has 3 rings (SSSR count). The van der Waals surface area contributed by atoms with Crippen molar-refractivity contribution < 1.29 is 4.39 Å². The maximum absolute atomic E-state index is 13.3. The zero-order valence-electron chi connectivity index (χ0n) is 12.3. The van der Waals surface area contributed by atoms with Crippen molar-refractivity contribution in [2.45, 2.75) is 19.4 Å². The van der Waals surface area contributed by atoms with Crippen molar-refractivity contribution in [3.8, 4) is 11.3 Å². The molecule has 1 aliphatic rings. The van der Waals surface area contributed by atoms with Crippen molar-refractivity contribution in [2.75, 3.05) is 26.2 Å². The second-order valence-corrected chi connectivity index (χ2v) is 6.58. The highest BCUT2D eigenvalue weighted by Crippen LogP contribution is 2.33. The molecule has 1 N–H and O–H groups in total. The van der Waals surface area contributed by atoms with Crippen molar-refractivity contribution in [3.05, 3.63) is 34.7 Å². The second-order valence-electron chi connectivity index (χ2n) is 5.73. The van der Waals surface area contributed by atoms with Gasteiger partial charge in [-0.2, -0.15) is 0 Å². The van der Waals surface area contributed by atoms with Gasteiger partial charge in [-0.25, -0.2) is 9.37 Å². The van der Waals surface area contributed by atoms with Crippen LogP contribution in [0.4, 0.5) is 4.39 Å². The van der Waals surface area contributed by atoms with E-state index < -0.39 is 0 Å². The minimum Gasteiger partial charge on any atom is -0.314 e. The largest absolute Gasteiger partial charge is 0.314 e. The van der Waals surface area contributed by atoms with Crippen LogP contribution in [0.1, 0.15) is 18.9 Å². The summed E-state index contributed by atoms with van der Waals surface area (Å²) in [5.74, 6) is -0.330. The molecule has 0 unspecified atom stereocenters. The van der Waals surface area contributed by atoms with Crippen LogP contribution in [0.5, 0.6) is 0 Å². The van der Waals surface area contributed by atoms with Crippen molar-refractivity contribution in [1.29, 1.82) is 0 Å². The van der Waals surface area contributed by atoms with E-state index in [1.165, 1.54) is 12.3 Å². The van der Waals surface area contributed by atoms with Crippen LogP contribution in [-0.2, 0) is 5.54 Å². The van der Waals surface area contributed by atoms with Crippen molar-refractivity contribution >= 4 is 11.3 Å². The second kappa shape index (κ2) is 5.79. The summed E-state index contributed by atoms with van der Waals surface area (Å²) in [6.45, 7) is 8.45. The van der Waals surface area contributed by atoms with Crippen molar-refractivity contribution in [3.63, 3.8) is 0 Å². The molecule has 1 aliphatic heterocycles. The third-order valence-electron chi connectivity index (χ3n) is 3.94. The Morgan fingerprint density at radius 1 is 1.29 bits per heavy atom. The van der Waals surface area contributed by atoms with Crippen LogP contribution < -0.4 is 5.32 Å². The summed E-state index contributed by atoms with van der Waals surface area (Å²) >= 11 is 1.63. The van der Waals surface area contributed by atoms with Crippen molar-refractivity contribution in [1.82, 2.24) is 20.2 Å². The van der Waals surface area contributed by atoms with Crippen LogP contribution in [0, 0.1) is 5.82 Å². The molecule has 0 saturated carbocycles. The molecule has 0 amide bonds. The number of nitrogens with zero attached hydrogens (tertiary/aromatic N) is 3. The summed E-state index contributed by atoms with van der Waals surface area (Å²) in [6, 6.07) is 1.48. The zero-order chi connectivity index (χ0) is 14.9. The molecule has 2 aromatic heterocycles. The van der Waals surface area contributed by atoms with E-state index in [0.29, 0.717) is 0 Å². The number of nitrogens with one attached hydrogen (secondary N) is 1. The molecule has 112 valence electrons. The summed E-state index contributed by atoms with van der Waals surface area (Å²) in [5, 5.41) is 6.41. The van der Waals surface area contributed by atoms with E-state index in [1.54, 1.807) is 17.5 Å². The molecule has 1 fully saturated rings. The Morgan fingerprint density at radius 3 is 2.76 bits per heavy atom. The quantitative estimate of drug-likeness (QED) is 0.946. The average Bonchev–Trinajstić information content (AvgIpc) is 2.99. The van der Waals surface area contributed by atoms with E-state index in [1.807, 2.05) is 5.38 Å². The van der Waals surface area contributed by atoms with Crippen LogP contribution in [0.2, 0.25) is 0 Å². The van der Waals surface area contributed by atoms with Gasteiger partial charge in [0.25, 0.3) is 0 Å². The first-order chi connectivity index (χ1) is 10.1. The molecule has 0 spiro atoms. The first-order valence-electron chi connectivity index (χ1n) is 7.10. The van der Waals surface area contributed by atoms with Gasteiger partial charge in [-0.05, 0) is 19.9 Å². The van der Waals surface area contributed by atoms with E-state index in [9.17, 15) is 4.39 Å². The third-order valence-corrected chi connectivity index (χ3v) is 5.09. The lowest BCUT2D eigenvalue weighted by molar-refractivity contribution is 0.102. The Hall–Kier alpha value is -1.37. The lowest BCUT2D eigenvalue weighted by Gasteiger charge is -2.39. The van der Waals surface area contributed by atoms with Gasteiger partial charge in [-0.3, -0.25) is 9.88 Å². The summed E-state index contributed by atoms with van der Waals surface area (Å²) in [6.07, 6.45) is 2.86. The number of hydrogen-bond donors (Lipinski definition) is 1. The van der Waals surface area contributed by atoms with Gasteiger partial charge < -0.3 is 5.32 Å². The molecular formula is C15H19FN4S. The summed E-state index contributed by atoms with van der Waals surface area (Å²) in [4.78, 5) is 11.1. The van der Waals surface area contributed by atoms with Crippen molar-refractivity contribution in [2.24, 2.45) is 0 Å². The highest BCUT2D eigenvalue weighted by Gasteiger charge is 2.32. The summed E-state index contributed by atoms with van der Waals surface area (Å²) in [7, 11) is 0. The Bertz CT molecular complexity index is 620. The molecule has 3 heterocycles.